The molecule has 22 heavy (non-hydrogen) atoms. The zero-order valence-corrected chi connectivity index (χ0v) is 13.5. The summed E-state index contributed by atoms with van der Waals surface area (Å²) >= 11 is 0. The molecule has 0 spiro atoms. The summed E-state index contributed by atoms with van der Waals surface area (Å²) < 4.78 is 17.7. The van der Waals surface area contributed by atoms with Crippen LogP contribution in [-0.4, -0.2) is 11.4 Å². The van der Waals surface area contributed by atoms with Crippen LogP contribution in [0.4, 0.5) is 0 Å². The largest absolute Gasteiger partial charge is 0.456 e. The van der Waals surface area contributed by atoms with Crippen molar-refractivity contribution < 1.29 is 14.0 Å². The van der Waals surface area contributed by atoms with E-state index in [1.165, 1.54) is 19.3 Å². The molecule has 2 aromatic carbocycles. The average molecular weight is 319 g/mol. The van der Waals surface area contributed by atoms with E-state index in [1.807, 2.05) is 36.4 Å². The van der Waals surface area contributed by atoms with Gasteiger partial charge in [-0.1, -0.05) is 55.7 Å². The zero-order valence-electron chi connectivity index (χ0n) is 12.6. The van der Waals surface area contributed by atoms with Crippen LogP contribution in [-0.2, 0) is 4.57 Å². The van der Waals surface area contributed by atoms with Crippen molar-refractivity contribution in [1.29, 1.82) is 0 Å². The van der Waals surface area contributed by atoms with Crippen LogP contribution >= 0.6 is 7.75 Å². The van der Waals surface area contributed by atoms with Crippen LogP contribution in [0.25, 0.3) is 10.8 Å². The lowest BCUT2D eigenvalue weighted by molar-refractivity contribution is 0.327. The molecule has 1 saturated carbocycles. The summed E-state index contributed by atoms with van der Waals surface area (Å²) in [7, 11) is -3.84. The molecule has 0 radical (unpaired) electrons. The van der Waals surface area contributed by atoms with Crippen LogP contribution in [0.1, 0.15) is 32.1 Å². The van der Waals surface area contributed by atoms with Gasteiger partial charge in [-0.15, -0.1) is 0 Å². The Balaban J connectivity index is 1.68. The van der Waals surface area contributed by atoms with Crippen LogP contribution < -0.4 is 9.61 Å². The number of fused-ring (bicyclic) bond motifs is 1. The molecule has 2 N–H and O–H groups in total. The van der Waals surface area contributed by atoms with E-state index in [0.29, 0.717) is 18.2 Å². The topological polar surface area (TPSA) is 58.6 Å². The SMILES string of the molecule is O=P(O)(NCC1CCCCC1)Oc1cccc2ccccc12. The van der Waals surface area contributed by atoms with E-state index in [1.54, 1.807) is 6.07 Å². The van der Waals surface area contributed by atoms with Gasteiger partial charge in [-0.25, -0.2) is 9.65 Å². The molecule has 1 fully saturated rings. The lowest BCUT2D eigenvalue weighted by Gasteiger charge is -2.23. The highest BCUT2D eigenvalue weighted by Gasteiger charge is 2.24. The number of benzene rings is 2. The van der Waals surface area contributed by atoms with Gasteiger partial charge in [0.15, 0.2) is 0 Å². The molecule has 118 valence electrons. The van der Waals surface area contributed by atoms with Crippen LogP contribution in [0, 0.1) is 5.92 Å². The summed E-state index contributed by atoms with van der Waals surface area (Å²) in [6.45, 7) is 0.540. The van der Waals surface area contributed by atoms with Crippen molar-refractivity contribution >= 4 is 18.5 Å². The first-order chi connectivity index (χ1) is 10.6. The summed E-state index contributed by atoms with van der Waals surface area (Å²) in [5.41, 5.74) is 0. The number of nitrogens with one attached hydrogen (secondary N) is 1. The molecule has 1 aliphatic rings. The minimum Gasteiger partial charge on any atom is -0.413 e. The summed E-state index contributed by atoms with van der Waals surface area (Å²) in [6.07, 6.45) is 5.96. The first kappa shape index (κ1) is 15.5. The van der Waals surface area contributed by atoms with Gasteiger partial charge in [0.05, 0.1) is 0 Å². The molecule has 0 saturated heterocycles. The first-order valence-electron chi connectivity index (χ1n) is 7.89. The van der Waals surface area contributed by atoms with Gasteiger partial charge in [-0.05, 0) is 30.2 Å². The fourth-order valence-electron chi connectivity index (χ4n) is 3.08. The third kappa shape index (κ3) is 3.89. The van der Waals surface area contributed by atoms with E-state index < -0.39 is 7.75 Å². The molecule has 0 aromatic heterocycles. The van der Waals surface area contributed by atoms with Gasteiger partial charge in [0.25, 0.3) is 0 Å². The Kier molecular flexibility index (Phi) is 4.82. The fraction of sp³-hybridized carbons (Fsp3) is 0.412. The summed E-state index contributed by atoms with van der Waals surface area (Å²) in [5.74, 6) is 0.922. The first-order valence-corrected chi connectivity index (χ1v) is 9.47. The normalized spacial score (nSPS) is 19.0. The Morgan fingerprint density at radius 2 is 1.82 bits per heavy atom. The molecule has 0 amide bonds. The third-order valence-corrected chi connectivity index (χ3v) is 5.30. The third-order valence-electron chi connectivity index (χ3n) is 4.28. The Labute approximate surface area is 131 Å². The maximum absolute atomic E-state index is 12.3. The predicted octanol–water partition coefficient (Wildman–Crippen LogP) is 4.49. The highest BCUT2D eigenvalue weighted by molar-refractivity contribution is 7.51. The second-order valence-electron chi connectivity index (χ2n) is 5.96. The molecule has 0 heterocycles. The van der Waals surface area contributed by atoms with Crippen LogP contribution in [0.3, 0.4) is 0 Å². The van der Waals surface area contributed by atoms with Crippen LogP contribution in [0.5, 0.6) is 5.75 Å². The van der Waals surface area contributed by atoms with E-state index in [2.05, 4.69) is 5.09 Å². The smallest absolute Gasteiger partial charge is 0.413 e. The quantitative estimate of drug-likeness (QED) is 0.797. The Morgan fingerprint density at radius 3 is 2.64 bits per heavy atom. The summed E-state index contributed by atoms with van der Waals surface area (Å²) in [4.78, 5) is 10.1. The maximum Gasteiger partial charge on any atom is 0.456 e. The summed E-state index contributed by atoms with van der Waals surface area (Å²) in [5, 5.41) is 4.57. The highest BCUT2D eigenvalue weighted by Crippen LogP contribution is 2.41. The van der Waals surface area contributed by atoms with Crippen LogP contribution in [0.15, 0.2) is 42.5 Å². The average Bonchev–Trinajstić information content (AvgIpc) is 2.54. The molecule has 2 aromatic rings. The number of hydrogen-bond donors (Lipinski definition) is 2. The molecular weight excluding hydrogens is 297 g/mol. The molecule has 3 rings (SSSR count). The Morgan fingerprint density at radius 1 is 1.09 bits per heavy atom. The van der Waals surface area contributed by atoms with E-state index in [0.717, 1.165) is 23.6 Å². The molecule has 1 unspecified atom stereocenters. The van der Waals surface area contributed by atoms with Crippen molar-refractivity contribution in [2.24, 2.45) is 5.92 Å². The Bertz CT molecular complexity index is 677. The van der Waals surface area contributed by atoms with Gasteiger partial charge in [0, 0.05) is 11.9 Å². The predicted molar refractivity (Wildman–Crippen MR) is 89.0 cm³/mol. The maximum atomic E-state index is 12.3. The van der Waals surface area contributed by atoms with E-state index >= 15 is 0 Å². The van der Waals surface area contributed by atoms with Gasteiger partial charge in [-0.3, -0.25) is 0 Å². The highest BCUT2D eigenvalue weighted by atomic mass is 31.2. The zero-order chi connectivity index (χ0) is 15.4. The van der Waals surface area contributed by atoms with Crippen molar-refractivity contribution in [3.63, 3.8) is 0 Å². The van der Waals surface area contributed by atoms with Gasteiger partial charge >= 0.3 is 7.75 Å². The minimum absolute atomic E-state index is 0.445. The Hall–Kier alpha value is -1.35. The molecule has 1 atom stereocenters. The van der Waals surface area contributed by atoms with Crippen molar-refractivity contribution in [3.8, 4) is 5.75 Å². The van der Waals surface area contributed by atoms with Gasteiger partial charge in [0.1, 0.15) is 5.75 Å². The van der Waals surface area contributed by atoms with Crippen molar-refractivity contribution in [2.75, 3.05) is 6.54 Å². The van der Waals surface area contributed by atoms with E-state index in [4.69, 9.17) is 4.52 Å². The summed E-state index contributed by atoms with van der Waals surface area (Å²) in [6, 6.07) is 13.2. The second-order valence-corrected chi connectivity index (χ2v) is 7.49. The van der Waals surface area contributed by atoms with Crippen molar-refractivity contribution in [2.45, 2.75) is 32.1 Å². The van der Waals surface area contributed by atoms with Gasteiger partial charge < -0.3 is 9.42 Å². The second kappa shape index (κ2) is 6.82. The molecule has 5 heteroatoms. The number of hydrogen-bond acceptors (Lipinski definition) is 2. The monoisotopic (exact) mass is 319 g/mol. The van der Waals surface area contributed by atoms with Crippen LogP contribution in [0.2, 0.25) is 0 Å². The van der Waals surface area contributed by atoms with Gasteiger partial charge in [0.2, 0.25) is 0 Å². The lowest BCUT2D eigenvalue weighted by atomic mass is 9.90. The van der Waals surface area contributed by atoms with E-state index in [9.17, 15) is 9.46 Å². The number of rotatable bonds is 5. The fourth-order valence-corrected chi connectivity index (χ4v) is 4.06. The van der Waals surface area contributed by atoms with Crippen molar-refractivity contribution in [1.82, 2.24) is 5.09 Å². The molecule has 0 bridgehead atoms. The molecular formula is C17H22NO3P. The standard InChI is InChI=1S/C17H22NO3P/c19-22(20,18-13-14-7-2-1-3-8-14)21-17-12-6-10-15-9-4-5-11-16(15)17/h4-6,9-12,14H,1-3,7-8,13H2,(H2,18,19,20). The molecule has 4 nitrogen and oxygen atoms in total. The van der Waals surface area contributed by atoms with E-state index in [-0.39, 0.29) is 0 Å². The molecule has 0 aliphatic heterocycles. The van der Waals surface area contributed by atoms with Gasteiger partial charge in [-0.2, -0.15) is 0 Å². The van der Waals surface area contributed by atoms with Crippen molar-refractivity contribution in [3.05, 3.63) is 42.5 Å². The lowest BCUT2D eigenvalue weighted by Crippen LogP contribution is -2.24. The molecule has 1 aliphatic carbocycles. The minimum atomic E-state index is -3.84.